The molecule has 6 heteroatoms. The molecule has 1 aromatic rings. The molecule has 0 heterocycles. The molecule has 142 valence electrons. The second-order valence-corrected chi connectivity index (χ2v) is 6.31. The number of methoxy groups -OCH3 is 1. The minimum absolute atomic E-state index is 0. The predicted octanol–water partition coefficient (Wildman–Crippen LogP) is 3.67. The molecule has 0 aromatic heterocycles. The highest BCUT2D eigenvalue weighted by molar-refractivity contribution is 14.0. The zero-order valence-corrected chi connectivity index (χ0v) is 18.0. The van der Waals surface area contributed by atoms with Crippen LogP contribution in [-0.4, -0.2) is 51.3 Å². The Morgan fingerprint density at radius 3 is 2.52 bits per heavy atom. The van der Waals surface area contributed by atoms with Crippen LogP contribution >= 0.6 is 24.0 Å². The maximum absolute atomic E-state index is 5.89. The fourth-order valence-corrected chi connectivity index (χ4v) is 3.04. The van der Waals surface area contributed by atoms with Crippen molar-refractivity contribution in [2.75, 3.05) is 34.4 Å². The Bertz CT molecular complexity index is 502. The highest BCUT2D eigenvalue weighted by atomic mass is 127. The minimum atomic E-state index is 0. The van der Waals surface area contributed by atoms with Crippen molar-refractivity contribution >= 4 is 29.9 Å². The largest absolute Gasteiger partial charge is 0.497 e. The number of aliphatic imine (C=N–C) groups is 1. The average Bonchev–Trinajstić information content (AvgIpc) is 3.12. The molecule has 2 rings (SSSR count). The number of hydrogen-bond donors (Lipinski definition) is 1. The van der Waals surface area contributed by atoms with E-state index in [1.807, 2.05) is 19.2 Å². The number of hydrogen-bond acceptors (Lipinski definition) is 3. The Balaban J connectivity index is 0.00000312. The van der Waals surface area contributed by atoms with Crippen LogP contribution < -0.4 is 10.1 Å². The van der Waals surface area contributed by atoms with E-state index in [4.69, 9.17) is 9.47 Å². The summed E-state index contributed by atoms with van der Waals surface area (Å²) in [5, 5.41) is 3.41. The molecule has 1 N–H and O–H groups in total. The molecular weight excluding hydrogens is 429 g/mol. The molecule has 25 heavy (non-hydrogen) atoms. The van der Waals surface area contributed by atoms with E-state index in [2.05, 4.69) is 34.4 Å². The summed E-state index contributed by atoms with van der Waals surface area (Å²) in [6, 6.07) is 8.13. The molecule has 1 aliphatic rings. The average molecular weight is 461 g/mol. The Labute approximate surface area is 169 Å². The zero-order chi connectivity index (χ0) is 17.2. The van der Waals surface area contributed by atoms with Crippen molar-refractivity contribution in [2.45, 2.75) is 44.8 Å². The van der Waals surface area contributed by atoms with Gasteiger partial charge in [-0.25, -0.2) is 0 Å². The van der Waals surface area contributed by atoms with Crippen molar-refractivity contribution in [3.05, 3.63) is 29.8 Å². The lowest BCUT2D eigenvalue weighted by Crippen LogP contribution is -2.39. The monoisotopic (exact) mass is 461 g/mol. The molecule has 0 amide bonds. The summed E-state index contributed by atoms with van der Waals surface area (Å²) in [5.41, 5.74) is 1.23. The van der Waals surface area contributed by atoms with Crippen LogP contribution in [0, 0.1) is 0 Å². The van der Waals surface area contributed by atoms with Crippen molar-refractivity contribution in [3.63, 3.8) is 0 Å². The zero-order valence-electron chi connectivity index (χ0n) is 15.7. The van der Waals surface area contributed by atoms with Gasteiger partial charge in [0.25, 0.3) is 0 Å². The molecule has 1 aromatic carbocycles. The summed E-state index contributed by atoms with van der Waals surface area (Å²) >= 11 is 0. The highest BCUT2D eigenvalue weighted by Gasteiger charge is 2.14. The van der Waals surface area contributed by atoms with E-state index >= 15 is 0 Å². The second kappa shape index (κ2) is 12.4. The van der Waals surface area contributed by atoms with E-state index in [1.54, 1.807) is 7.11 Å². The molecule has 0 radical (unpaired) electrons. The van der Waals surface area contributed by atoms with Crippen LogP contribution in [0.2, 0.25) is 0 Å². The normalized spacial score (nSPS) is 14.9. The summed E-state index contributed by atoms with van der Waals surface area (Å²) in [6.07, 6.45) is 6.63. The van der Waals surface area contributed by atoms with Gasteiger partial charge >= 0.3 is 0 Å². The molecule has 0 aliphatic heterocycles. The third-order valence-electron chi connectivity index (χ3n) is 4.41. The summed E-state index contributed by atoms with van der Waals surface area (Å²) in [5.74, 6) is 1.79. The van der Waals surface area contributed by atoms with Gasteiger partial charge in [-0.05, 0) is 37.0 Å². The van der Waals surface area contributed by atoms with Crippen LogP contribution in [0.5, 0.6) is 5.75 Å². The third-order valence-corrected chi connectivity index (χ3v) is 4.41. The standard InChI is InChI=1S/C19H31N3O2.HI/c1-20-19(21-13-6-14-24-18-7-4-5-8-18)22(2)15-16-9-11-17(23-3)12-10-16;/h9-12,18H,4-8,13-15H2,1-3H3,(H,20,21);1H. The molecule has 1 aliphatic carbocycles. The van der Waals surface area contributed by atoms with Gasteiger partial charge < -0.3 is 19.7 Å². The topological polar surface area (TPSA) is 46.1 Å². The first kappa shape index (κ1) is 22.0. The number of benzene rings is 1. The predicted molar refractivity (Wildman–Crippen MR) is 114 cm³/mol. The smallest absolute Gasteiger partial charge is 0.193 e. The first-order valence-electron chi connectivity index (χ1n) is 8.89. The van der Waals surface area contributed by atoms with Crippen molar-refractivity contribution in [1.82, 2.24) is 10.2 Å². The van der Waals surface area contributed by atoms with Gasteiger partial charge in [0, 0.05) is 33.8 Å². The quantitative estimate of drug-likeness (QED) is 0.278. The van der Waals surface area contributed by atoms with Crippen molar-refractivity contribution in [3.8, 4) is 5.75 Å². The Hall–Kier alpha value is -1.02. The molecule has 0 spiro atoms. The molecular formula is C19H32IN3O2. The molecule has 1 fully saturated rings. The van der Waals surface area contributed by atoms with Gasteiger partial charge in [-0.3, -0.25) is 4.99 Å². The van der Waals surface area contributed by atoms with Gasteiger partial charge in [-0.15, -0.1) is 24.0 Å². The van der Waals surface area contributed by atoms with Crippen LogP contribution in [0.15, 0.2) is 29.3 Å². The molecule has 0 unspecified atom stereocenters. The Morgan fingerprint density at radius 2 is 1.92 bits per heavy atom. The van der Waals surface area contributed by atoms with Crippen molar-refractivity contribution < 1.29 is 9.47 Å². The van der Waals surface area contributed by atoms with E-state index in [1.165, 1.54) is 31.2 Å². The molecule has 1 saturated carbocycles. The maximum atomic E-state index is 5.89. The number of nitrogens with one attached hydrogen (secondary N) is 1. The van der Waals surface area contributed by atoms with Gasteiger partial charge in [-0.1, -0.05) is 25.0 Å². The van der Waals surface area contributed by atoms with Crippen LogP contribution in [0.25, 0.3) is 0 Å². The van der Waals surface area contributed by atoms with E-state index in [-0.39, 0.29) is 24.0 Å². The Kier molecular flexibility index (Phi) is 10.9. The third kappa shape index (κ3) is 7.81. The van der Waals surface area contributed by atoms with Gasteiger partial charge in [0.1, 0.15) is 5.75 Å². The van der Waals surface area contributed by atoms with Crippen LogP contribution in [0.1, 0.15) is 37.7 Å². The SMILES string of the molecule is CN=C(NCCCOC1CCCC1)N(C)Cc1ccc(OC)cc1.I. The fourth-order valence-electron chi connectivity index (χ4n) is 3.04. The van der Waals surface area contributed by atoms with Crippen molar-refractivity contribution in [2.24, 2.45) is 4.99 Å². The minimum Gasteiger partial charge on any atom is -0.497 e. The lowest BCUT2D eigenvalue weighted by molar-refractivity contribution is 0.0573. The number of nitrogens with zero attached hydrogens (tertiary/aromatic N) is 2. The lowest BCUT2D eigenvalue weighted by Gasteiger charge is -2.22. The number of rotatable bonds is 8. The number of guanidine groups is 1. The first-order valence-corrected chi connectivity index (χ1v) is 8.89. The Morgan fingerprint density at radius 1 is 1.24 bits per heavy atom. The molecule has 0 bridgehead atoms. The summed E-state index contributed by atoms with van der Waals surface area (Å²) in [7, 11) is 5.56. The van der Waals surface area contributed by atoms with Crippen LogP contribution in [0.3, 0.4) is 0 Å². The van der Waals surface area contributed by atoms with E-state index in [0.717, 1.165) is 37.8 Å². The molecule has 5 nitrogen and oxygen atoms in total. The van der Waals surface area contributed by atoms with E-state index < -0.39 is 0 Å². The van der Waals surface area contributed by atoms with Crippen LogP contribution in [0.4, 0.5) is 0 Å². The van der Waals surface area contributed by atoms with Gasteiger partial charge in [0.15, 0.2) is 5.96 Å². The number of ether oxygens (including phenoxy) is 2. The van der Waals surface area contributed by atoms with Crippen LogP contribution in [-0.2, 0) is 11.3 Å². The second-order valence-electron chi connectivity index (χ2n) is 6.31. The summed E-state index contributed by atoms with van der Waals surface area (Å²) in [4.78, 5) is 6.48. The fraction of sp³-hybridized carbons (Fsp3) is 0.632. The molecule has 0 atom stereocenters. The van der Waals surface area contributed by atoms with E-state index in [0.29, 0.717) is 6.10 Å². The highest BCUT2D eigenvalue weighted by Crippen LogP contribution is 2.20. The van der Waals surface area contributed by atoms with E-state index in [9.17, 15) is 0 Å². The van der Waals surface area contributed by atoms with Crippen molar-refractivity contribution in [1.29, 1.82) is 0 Å². The van der Waals surface area contributed by atoms with Gasteiger partial charge in [-0.2, -0.15) is 0 Å². The first-order chi connectivity index (χ1) is 11.7. The summed E-state index contributed by atoms with van der Waals surface area (Å²) in [6.45, 7) is 2.52. The van der Waals surface area contributed by atoms with Gasteiger partial charge in [0.2, 0.25) is 0 Å². The number of halogens is 1. The van der Waals surface area contributed by atoms with Gasteiger partial charge in [0.05, 0.1) is 13.2 Å². The summed E-state index contributed by atoms with van der Waals surface area (Å²) < 4.78 is 11.1. The maximum Gasteiger partial charge on any atom is 0.193 e. The lowest BCUT2D eigenvalue weighted by atomic mass is 10.2. The molecule has 0 saturated heterocycles.